The molecular formula is C23H20ClFN4O5S. The van der Waals surface area contributed by atoms with Gasteiger partial charge in [0.15, 0.2) is 0 Å². The SMILES string of the molecule is O=C(c1ccc(NS(=O)(=O)c2ccc(Cl)c([N+](=O)[O-])c2)cc1)N1CCN(c2ccc(F)cc2)CC1. The maximum atomic E-state index is 13.1. The summed E-state index contributed by atoms with van der Waals surface area (Å²) in [5.41, 5.74) is 0.960. The molecule has 1 fully saturated rings. The Balaban J connectivity index is 1.40. The number of amides is 1. The lowest BCUT2D eigenvalue weighted by molar-refractivity contribution is -0.384. The van der Waals surface area contributed by atoms with Crippen LogP contribution in [0.1, 0.15) is 10.4 Å². The van der Waals surface area contributed by atoms with Gasteiger partial charge < -0.3 is 9.80 Å². The molecule has 0 radical (unpaired) electrons. The Morgan fingerprint density at radius 1 is 0.971 bits per heavy atom. The van der Waals surface area contributed by atoms with Crippen LogP contribution in [-0.4, -0.2) is 50.3 Å². The maximum Gasteiger partial charge on any atom is 0.289 e. The van der Waals surface area contributed by atoms with Gasteiger partial charge in [-0.25, -0.2) is 12.8 Å². The maximum absolute atomic E-state index is 13.1. The summed E-state index contributed by atoms with van der Waals surface area (Å²) < 4.78 is 40.8. The van der Waals surface area contributed by atoms with E-state index < -0.39 is 20.6 Å². The fourth-order valence-corrected chi connectivity index (χ4v) is 4.96. The van der Waals surface area contributed by atoms with Gasteiger partial charge in [-0.1, -0.05) is 11.6 Å². The second-order valence-electron chi connectivity index (χ2n) is 7.81. The minimum absolute atomic E-state index is 0.171. The quantitative estimate of drug-likeness (QED) is 0.387. The highest BCUT2D eigenvalue weighted by atomic mass is 35.5. The van der Waals surface area contributed by atoms with Gasteiger partial charge >= 0.3 is 0 Å². The van der Waals surface area contributed by atoms with Gasteiger partial charge in [0.2, 0.25) is 0 Å². The van der Waals surface area contributed by atoms with Crippen LogP contribution in [-0.2, 0) is 10.0 Å². The smallest absolute Gasteiger partial charge is 0.289 e. The molecule has 1 aliphatic rings. The van der Waals surface area contributed by atoms with E-state index in [1.54, 1.807) is 17.0 Å². The van der Waals surface area contributed by atoms with E-state index in [2.05, 4.69) is 9.62 Å². The van der Waals surface area contributed by atoms with Crippen molar-refractivity contribution in [3.05, 3.63) is 93.2 Å². The molecule has 0 aromatic heterocycles. The Labute approximate surface area is 205 Å². The number of carbonyl (C=O) groups excluding carboxylic acids is 1. The normalized spacial score (nSPS) is 14.0. The molecule has 1 amide bonds. The summed E-state index contributed by atoms with van der Waals surface area (Å²) >= 11 is 5.75. The topological polar surface area (TPSA) is 113 Å². The number of nitrogens with zero attached hydrogens (tertiary/aromatic N) is 3. The number of benzene rings is 3. The van der Waals surface area contributed by atoms with E-state index in [9.17, 15) is 27.7 Å². The molecule has 35 heavy (non-hydrogen) atoms. The predicted molar refractivity (Wildman–Crippen MR) is 130 cm³/mol. The lowest BCUT2D eigenvalue weighted by Crippen LogP contribution is -2.48. The zero-order valence-electron chi connectivity index (χ0n) is 18.2. The molecular weight excluding hydrogens is 499 g/mol. The average molecular weight is 519 g/mol. The number of sulfonamides is 1. The highest BCUT2D eigenvalue weighted by Gasteiger charge is 2.23. The molecule has 0 saturated carbocycles. The third kappa shape index (κ3) is 5.52. The number of anilines is 2. The molecule has 0 bridgehead atoms. The van der Waals surface area contributed by atoms with Gasteiger partial charge in [0.05, 0.1) is 9.82 Å². The zero-order valence-corrected chi connectivity index (χ0v) is 19.8. The second kappa shape index (κ2) is 9.88. The lowest BCUT2D eigenvalue weighted by Gasteiger charge is -2.36. The minimum atomic E-state index is -4.11. The Morgan fingerprint density at radius 2 is 1.60 bits per heavy atom. The molecule has 0 atom stereocenters. The third-order valence-electron chi connectivity index (χ3n) is 5.57. The molecule has 4 rings (SSSR count). The van der Waals surface area contributed by atoms with Crippen LogP contribution in [0.25, 0.3) is 0 Å². The molecule has 1 aliphatic heterocycles. The van der Waals surface area contributed by atoms with Crippen LogP contribution in [0.5, 0.6) is 0 Å². The van der Waals surface area contributed by atoms with Crippen molar-refractivity contribution in [2.45, 2.75) is 4.90 Å². The largest absolute Gasteiger partial charge is 0.368 e. The van der Waals surface area contributed by atoms with Gasteiger partial charge in [-0.3, -0.25) is 19.6 Å². The van der Waals surface area contributed by atoms with Crippen molar-refractivity contribution in [2.75, 3.05) is 35.8 Å². The Hall–Kier alpha value is -3.70. The van der Waals surface area contributed by atoms with Crippen LogP contribution in [0, 0.1) is 15.9 Å². The number of rotatable bonds is 6. The average Bonchev–Trinajstić information content (AvgIpc) is 2.84. The van der Waals surface area contributed by atoms with E-state index in [4.69, 9.17) is 11.6 Å². The van der Waals surface area contributed by atoms with Gasteiger partial charge in [0, 0.05) is 49.2 Å². The van der Waals surface area contributed by atoms with Crippen molar-refractivity contribution in [1.82, 2.24) is 4.90 Å². The van der Waals surface area contributed by atoms with Crippen molar-refractivity contribution in [3.8, 4) is 0 Å². The van der Waals surface area contributed by atoms with Crippen molar-refractivity contribution >= 4 is 44.6 Å². The van der Waals surface area contributed by atoms with E-state index in [1.807, 2.05) is 0 Å². The third-order valence-corrected chi connectivity index (χ3v) is 7.27. The number of nitrogens with one attached hydrogen (secondary N) is 1. The van der Waals surface area contributed by atoms with Gasteiger partial charge in [0.25, 0.3) is 21.6 Å². The summed E-state index contributed by atoms with van der Waals surface area (Å²) in [6.07, 6.45) is 0. The first-order valence-electron chi connectivity index (χ1n) is 10.5. The highest BCUT2D eigenvalue weighted by Crippen LogP contribution is 2.28. The van der Waals surface area contributed by atoms with E-state index in [0.717, 1.165) is 17.8 Å². The van der Waals surface area contributed by atoms with E-state index >= 15 is 0 Å². The van der Waals surface area contributed by atoms with Gasteiger partial charge in [-0.05, 0) is 60.7 Å². The first-order valence-corrected chi connectivity index (χ1v) is 12.4. The predicted octanol–water partition coefficient (Wildman–Crippen LogP) is 4.15. The Kier molecular flexibility index (Phi) is 6.90. The fourth-order valence-electron chi connectivity index (χ4n) is 3.70. The summed E-state index contributed by atoms with van der Waals surface area (Å²) in [6, 6.07) is 15.3. The molecule has 1 N–H and O–H groups in total. The molecule has 0 spiro atoms. The number of carbonyl (C=O) groups is 1. The van der Waals surface area contributed by atoms with Crippen molar-refractivity contribution in [3.63, 3.8) is 0 Å². The monoisotopic (exact) mass is 518 g/mol. The molecule has 3 aromatic carbocycles. The minimum Gasteiger partial charge on any atom is -0.368 e. The molecule has 1 saturated heterocycles. The molecule has 1 heterocycles. The van der Waals surface area contributed by atoms with Crippen molar-refractivity contribution < 1.29 is 22.5 Å². The standard InChI is InChI=1S/C23H20ClFN4O5S/c24-21-10-9-20(15-22(21)29(31)32)35(33,34)26-18-5-1-16(2-6-18)23(30)28-13-11-27(12-14-28)19-7-3-17(25)4-8-19/h1-10,15,26H,11-14H2. The number of hydrogen-bond donors (Lipinski definition) is 1. The van der Waals surface area contributed by atoms with E-state index in [1.165, 1.54) is 42.5 Å². The first-order chi connectivity index (χ1) is 16.6. The molecule has 0 unspecified atom stereocenters. The van der Waals surface area contributed by atoms with Gasteiger partial charge in [0.1, 0.15) is 10.8 Å². The molecule has 182 valence electrons. The number of nitro benzene ring substituents is 1. The molecule has 3 aromatic rings. The Morgan fingerprint density at radius 3 is 2.20 bits per heavy atom. The second-order valence-corrected chi connectivity index (χ2v) is 9.90. The highest BCUT2D eigenvalue weighted by molar-refractivity contribution is 7.92. The van der Waals surface area contributed by atoms with Gasteiger partial charge in [-0.15, -0.1) is 0 Å². The molecule has 0 aliphatic carbocycles. The van der Waals surface area contributed by atoms with Crippen LogP contribution in [0.2, 0.25) is 5.02 Å². The summed E-state index contributed by atoms with van der Waals surface area (Å²) in [5.74, 6) is -0.491. The Bertz CT molecular complexity index is 1360. The van der Waals surface area contributed by atoms with Crippen LogP contribution < -0.4 is 9.62 Å². The number of halogens is 2. The molecule has 12 heteroatoms. The van der Waals surface area contributed by atoms with Crippen molar-refractivity contribution in [1.29, 1.82) is 0 Å². The van der Waals surface area contributed by atoms with E-state index in [0.29, 0.717) is 31.7 Å². The van der Waals surface area contributed by atoms with Crippen LogP contribution >= 0.6 is 11.6 Å². The van der Waals surface area contributed by atoms with Gasteiger partial charge in [-0.2, -0.15) is 0 Å². The first kappa shape index (κ1) is 24.4. The molecule has 9 nitrogen and oxygen atoms in total. The van der Waals surface area contributed by atoms with Crippen LogP contribution in [0.3, 0.4) is 0 Å². The summed E-state index contributed by atoms with van der Waals surface area (Å²) in [6.45, 7) is 2.17. The summed E-state index contributed by atoms with van der Waals surface area (Å²) in [7, 11) is -4.11. The lowest BCUT2D eigenvalue weighted by atomic mass is 10.1. The fraction of sp³-hybridized carbons (Fsp3) is 0.174. The van der Waals surface area contributed by atoms with Crippen LogP contribution in [0.15, 0.2) is 71.6 Å². The van der Waals surface area contributed by atoms with Crippen molar-refractivity contribution in [2.24, 2.45) is 0 Å². The number of piperazine rings is 1. The zero-order chi connectivity index (χ0) is 25.2. The number of hydrogen-bond acceptors (Lipinski definition) is 6. The number of nitro groups is 1. The summed E-state index contributed by atoms with van der Waals surface area (Å²) in [4.78, 5) is 26.6. The summed E-state index contributed by atoms with van der Waals surface area (Å²) in [5, 5.41) is 10.9. The van der Waals surface area contributed by atoms with Crippen LogP contribution in [0.4, 0.5) is 21.5 Å². The van der Waals surface area contributed by atoms with E-state index in [-0.39, 0.29) is 27.3 Å².